The van der Waals surface area contributed by atoms with Crippen molar-refractivity contribution < 1.29 is 42.6 Å². The molecular formula is C18H39NO9. The van der Waals surface area contributed by atoms with Gasteiger partial charge in [0.25, 0.3) is 17.7 Å². The number of rotatable bonds is 15. The Kier molecular flexibility index (Phi) is 11.5. The lowest BCUT2D eigenvalue weighted by Crippen LogP contribution is -2.80. The van der Waals surface area contributed by atoms with E-state index in [0.29, 0.717) is 0 Å². The van der Waals surface area contributed by atoms with Crippen molar-refractivity contribution in [3.8, 4) is 0 Å². The predicted octanol–water partition coefficient (Wildman–Crippen LogP) is 1.23. The van der Waals surface area contributed by atoms with Gasteiger partial charge in [-0.05, 0) is 20.8 Å². The van der Waals surface area contributed by atoms with Crippen molar-refractivity contribution in [3.05, 3.63) is 0 Å². The van der Waals surface area contributed by atoms with E-state index in [2.05, 4.69) is 0 Å². The topological polar surface area (TPSA) is 86.3 Å². The molecule has 0 saturated heterocycles. The zero-order valence-corrected chi connectivity index (χ0v) is 19.4. The van der Waals surface area contributed by atoms with E-state index >= 15 is 0 Å². The van der Waals surface area contributed by atoms with Gasteiger partial charge in [-0.1, -0.05) is 0 Å². The first kappa shape index (κ1) is 27.6. The minimum absolute atomic E-state index is 0.662. The molecule has 3 unspecified atom stereocenters. The molecule has 0 amide bonds. The van der Waals surface area contributed by atoms with Crippen LogP contribution in [0.15, 0.2) is 0 Å². The quantitative estimate of drug-likeness (QED) is 0.365. The van der Waals surface area contributed by atoms with Gasteiger partial charge < -0.3 is 42.6 Å². The van der Waals surface area contributed by atoms with Crippen LogP contribution in [0.25, 0.3) is 0 Å². The molecule has 0 fully saturated rings. The maximum Gasteiger partial charge on any atom is 0.265 e. The van der Waals surface area contributed by atoms with E-state index in [0.717, 1.165) is 0 Å². The van der Waals surface area contributed by atoms with Gasteiger partial charge in [0.2, 0.25) is 0 Å². The van der Waals surface area contributed by atoms with Crippen molar-refractivity contribution in [2.24, 2.45) is 0 Å². The Hall–Kier alpha value is -0.400. The number of hydrogen-bond donors (Lipinski definition) is 0. The molecule has 0 aliphatic rings. The highest BCUT2D eigenvalue weighted by Crippen LogP contribution is 2.44. The smallest absolute Gasteiger partial charge is 0.265 e. The molecule has 170 valence electrons. The first-order valence-corrected chi connectivity index (χ1v) is 8.87. The zero-order valence-electron chi connectivity index (χ0n) is 19.4. The summed E-state index contributed by atoms with van der Waals surface area (Å²) >= 11 is 0. The standard InChI is InChI=1S/C18H39NO9/c1-13(20-4)16(23-7,24-8)19(17(25-9,26-10)14(2)21-5)18(27-11,28-12)15(3)22-6/h13-15H,1-12H3. The number of methoxy groups -OCH3 is 9. The van der Waals surface area contributed by atoms with Gasteiger partial charge in [-0.3, -0.25) is 0 Å². The van der Waals surface area contributed by atoms with Gasteiger partial charge in [0.15, 0.2) is 0 Å². The molecule has 10 nitrogen and oxygen atoms in total. The Bertz CT molecular complexity index is 363. The van der Waals surface area contributed by atoms with Crippen LogP contribution < -0.4 is 0 Å². The second kappa shape index (κ2) is 11.7. The Labute approximate surface area is 169 Å². The maximum atomic E-state index is 5.86. The van der Waals surface area contributed by atoms with Gasteiger partial charge in [-0.25, -0.2) is 0 Å². The summed E-state index contributed by atoms with van der Waals surface area (Å²) < 4.78 is 51.9. The van der Waals surface area contributed by atoms with E-state index in [1.54, 1.807) is 20.8 Å². The van der Waals surface area contributed by atoms with Crippen LogP contribution in [0.5, 0.6) is 0 Å². The lowest BCUT2D eigenvalue weighted by Gasteiger charge is -2.59. The van der Waals surface area contributed by atoms with Gasteiger partial charge in [0, 0.05) is 64.0 Å². The fraction of sp³-hybridized carbons (Fsp3) is 1.00. The lowest BCUT2D eigenvalue weighted by atomic mass is 10.1. The van der Waals surface area contributed by atoms with E-state index in [1.165, 1.54) is 68.9 Å². The largest absolute Gasteiger partial charge is 0.375 e. The highest BCUT2D eigenvalue weighted by atomic mass is 16.8. The molecule has 0 aliphatic heterocycles. The average Bonchev–Trinajstić information content (AvgIpc) is 2.75. The van der Waals surface area contributed by atoms with E-state index in [4.69, 9.17) is 42.6 Å². The summed E-state index contributed by atoms with van der Waals surface area (Å²) in [6, 6.07) is 0. The van der Waals surface area contributed by atoms with Crippen LogP contribution in [0, 0.1) is 0 Å². The van der Waals surface area contributed by atoms with E-state index in [-0.39, 0.29) is 0 Å². The number of ether oxygens (including phenoxy) is 9. The van der Waals surface area contributed by atoms with Gasteiger partial charge in [-0.2, -0.15) is 0 Å². The SMILES string of the molecule is COC(C)C(OC)(OC)N(C(OC)(OC)C(C)OC)C(OC)(OC)C(C)OC. The molecule has 0 bridgehead atoms. The molecule has 0 rings (SSSR count). The zero-order chi connectivity index (χ0) is 22.2. The number of nitrogens with zero attached hydrogens (tertiary/aromatic N) is 1. The van der Waals surface area contributed by atoms with Crippen LogP contribution in [-0.4, -0.2) is 105 Å². The first-order chi connectivity index (χ1) is 13.2. The van der Waals surface area contributed by atoms with E-state index < -0.39 is 36.0 Å². The molecule has 0 aromatic heterocycles. The summed E-state index contributed by atoms with van der Waals surface area (Å²) in [6.07, 6.45) is -1.99. The second-order valence-electron chi connectivity index (χ2n) is 6.09. The fourth-order valence-corrected chi connectivity index (χ4v) is 3.44. The average molecular weight is 414 g/mol. The highest BCUT2D eigenvalue weighted by Gasteiger charge is 2.67. The Morgan fingerprint density at radius 3 is 0.714 bits per heavy atom. The molecule has 0 aromatic carbocycles. The van der Waals surface area contributed by atoms with Gasteiger partial charge in [-0.15, -0.1) is 4.90 Å². The molecule has 0 heterocycles. The van der Waals surface area contributed by atoms with Crippen molar-refractivity contribution in [1.29, 1.82) is 0 Å². The number of hydrogen-bond acceptors (Lipinski definition) is 10. The van der Waals surface area contributed by atoms with Crippen molar-refractivity contribution in [2.45, 2.75) is 56.8 Å². The molecule has 0 N–H and O–H groups in total. The van der Waals surface area contributed by atoms with Crippen LogP contribution in [0.4, 0.5) is 0 Å². The highest BCUT2D eigenvalue weighted by molar-refractivity contribution is 4.96. The second-order valence-corrected chi connectivity index (χ2v) is 6.09. The van der Waals surface area contributed by atoms with Gasteiger partial charge >= 0.3 is 0 Å². The van der Waals surface area contributed by atoms with E-state index in [9.17, 15) is 0 Å². The van der Waals surface area contributed by atoms with Crippen molar-refractivity contribution >= 4 is 0 Å². The monoisotopic (exact) mass is 413 g/mol. The molecule has 3 atom stereocenters. The van der Waals surface area contributed by atoms with Crippen LogP contribution in [0.3, 0.4) is 0 Å². The predicted molar refractivity (Wildman–Crippen MR) is 101 cm³/mol. The fourth-order valence-electron chi connectivity index (χ4n) is 3.44. The summed E-state index contributed by atoms with van der Waals surface area (Å²) in [6.45, 7) is 5.29. The van der Waals surface area contributed by atoms with Crippen LogP contribution in [-0.2, 0) is 42.6 Å². The molecular weight excluding hydrogens is 374 g/mol. The summed E-state index contributed by atoms with van der Waals surface area (Å²) in [5.41, 5.74) is 0. The molecule has 0 saturated carbocycles. The summed E-state index contributed by atoms with van der Waals surface area (Å²) in [5.74, 6) is -4.81. The third-order valence-corrected chi connectivity index (χ3v) is 5.29. The first-order valence-electron chi connectivity index (χ1n) is 8.87. The minimum atomic E-state index is -1.60. The molecule has 28 heavy (non-hydrogen) atoms. The summed E-state index contributed by atoms with van der Waals surface area (Å²) in [7, 11) is 13.4. The Balaban J connectivity index is 7.27. The van der Waals surface area contributed by atoms with Crippen molar-refractivity contribution in [3.63, 3.8) is 0 Å². The van der Waals surface area contributed by atoms with Crippen LogP contribution in [0.2, 0.25) is 0 Å². The normalized spacial score (nSPS) is 17.0. The van der Waals surface area contributed by atoms with Crippen molar-refractivity contribution in [1.82, 2.24) is 4.90 Å². The van der Waals surface area contributed by atoms with Gasteiger partial charge in [0.05, 0.1) is 0 Å². The van der Waals surface area contributed by atoms with Gasteiger partial charge in [0.1, 0.15) is 18.3 Å². The Morgan fingerprint density at radius 1 is 0.429 bits per heavy atom. The molecule has 0 spiro atoms. The minimum Gasteiger partial charge on any atom is -0.375 e. The third-order valence-electron chi connectivity index (χ3n) is 5.29. The van der Waals surface area contributed by atoms with Crippen LogP contribution in [0.1, 0.15) is 20.8 Å². The molecule has 0 aliphatic carbocycles. The van der Waals surface area contributed by atoms with Crippen molar-refractivity contribution in [2.75, 3.05) is 64.0 Å². The van der Waals surface area contributed by atoms with E-state index in [1.807, 2.05) is 0 Å². The maximum absolute atomic E-state index is 5.86. The Morgan fingerprint density at radius 2 is 0.607 bits per heavy atom. The summed E-state index contributed by atoms with van der Waals surface area (Å²) in [5, 5.41) is 0. The summed E-state index contributed by atoms with van der Waals surface area (Å²) in [4.78, 5) is 1.50. The third kappa shape index (κ3) is 4.36. The van der Waals surface area contributed by atoms with Crippen LogP contribution >= 0.6 is 0 Å². The lowest BCUT2D eigenvalue weighted by molar-refractivity contribution is -0.526. The molecule has 0 radical (unpaired) electrons. The molecule has 10 heteroatoms. The molecule has 0 aromatic rings.